The molecule has 1 aromatic carbocycles. The Morgan fingerprint density at radius 2 is 1.84 bits per heavy atom. The van der Waals surface area contributed by atoms with E-state index in [4.69, 9.17) is 28.9 Å². The average molecular weight is 303 g/mol. The fourth-order valence-electron chi connectivity index (χ4n) is 1.44. The van der Waals surface area contributed by atoms with Crippen LogP contribution in [0.1, 0.15) is 13.8 Å². The minimum Gasteiger partial charge on any atom is -0.369 e. The van der Waals surface area contributed by atoms with Gasteiger partial charge in [0, 0.05) is 13.1 Å². The van der Waals surface area contributed by atoms with Crippen LogP contribution in [-0.4, -0.2) is 30.0 Å². The number of para-hydroxylation sites is 1. The maximum absolute atomic E-state index is 11.8. The Labute approximate surface area is 122 Å². The number of nitrogens with one attached hydrogen (secondary N) is 1. The number of nitrogens with two attached hydrogens (primary N) is 1. The van der Waals surface area contributed by atoms with Crippen molar-refractivity contribution >= 4 is 40.9 Å². The summed E-state index contributed by atoms with van der Waals surface area (Å²) in [7, 11) is 0. The lowest BCUT2D eigenvalue weighted by Crippen LogP contribution is -2.45. The highest BCUT2D eigenvalue weighted by Gasteiger charge is 2.11. The van der Waals surface area contributed by atoms with Crippen LogP contribution >= 0.6 is 23.2 Å². The van der Waals surface area contributed by atoms with Crippen molar-refractivity contribution in [3.8, 4) is 0 Å². The highest BCUT2D eigenvalue weighted by molar-refractivity contribution is 6.38. The number of hydrogen-bond donors (Lipinski definition) is 2. The van der Waals surface area contributed by atoms with Crippen LogP contribution in [-0.2, 0) is 0 Å². The molecule has 0 aromatic heterocycles. The molecule has 0 atom stereocenters. The summed E-state index contributed by atoms with van der Waals surface area (Å²) in [5, 5.41) is 3.22. The Hall–Kier alpha value is -1.46. The fourth-order valence-corrected chi connectivity index (χ4v) is 1.93. The van der Waals surface area contributed by atoms with E-state index in [9.17, 15) is 4.79 Å². The molecule has 1 rings (SSSR count). The number of urea groups is 1. The number of rotatable bonds is 3. The predicted molar refractivity (Wildman–Crippen MR) is 79.2 cm³/mol. The highest BCUT2D eigenvalue weighted by Crippen LogP contribution is 2.32. The van der Waals surface area contributed by atoms with Crippen LogP contribution in [0.3, 0.4) is 0 Å². The molecule has 104 valence electrons. The summed E-state index contributed by atoms with van der Waals surface area (Å²) in [6.45, 7) is 4.92. The molecular formula is C12H16Cl2N4O. The standard InChI is InChI=1S/C12H16Cl2N4O/c1-3-18(4-2)12(19)17-11(15)16-10-8(13)6-5-7-9(10)14/h5-7H,3-4H2,1-2H3,(H3,15,16,17,19). The summed E-state index contributed by atoms with van der Waals surface area (Å²) >= 11 is 11.9. The van der Waals surface area contributed by atoms with Crippen LogP contribution < -0.4 is 11.1 Å². The van der Waals surface area contributed by atoms with Gasteiger partial charge in [-0.1, -0.05) is 29.3 Å². The van der Waals surface area contributed by atoms with Gasteiger partial charge >= 0.3 is 6.03 Å². The second kappa shape index (κ2) is 7.21. The summed E-state index contributed by atoms with van der Waals surface area (Å²) in [6.07, 6.45) is 0. The predicted octanol–water partition coefficient (Wildman–Crippen LogP) is 2.99. The van der Waals surface area contributed by atoms with Crippen LogP contribution in [0.4, 0.5) is 10.5 Å². The van der Waals surface area contributed by atoms with Gasteiger partial charge in [0.25, 0.3) is 0 Å². The average Bonchev–Trinajstić information content (AvgIpc) is 2.35. The summed E-state index contributed by atoms with van der Waals surface area (Å²) < 4.78 is 0. The van der Waals surface area contributed by atoms with Gasteiger partial charge in [-0.15, -0.1) is 0 Å². The minimum atomic E-state index is -0.311. The molecule has 0 radical (unpaired) electrons. The molecule has 0 aliphatic heterocycles. The second-order valence-corrected chi connectivity index (χ2v) is 4.48. The molecule has 0 unspecified atom stereocenters. The van der Waals surface area contributed by atoms with E-state index in [-0.39, 0.29) is 12.0 Å². The largest absolute Gasteiger partial charge is 0.369 e. The van der Waals surface area contributed by atoms with Crippen molar-refractivity contribution in [2.24, 2.45) is 10.7 Å². The highest BCUT2D eigenvalue weighted by atomic mass is 35.5. The second-order valence-electron chi connectivity index (χ2n) is 3.67. The Morgan fingerprint density at radius 1 is 1.32 bits per heavy atom. The molecule has 0 spiro atoms. The molecular weight excluding hydrogens is 287 g/mol. The monoisotopic (exact) mass is 302 g/mol. The molecule has 0 fully saturated rings. The van der Waals surface area contributed by atoms with E-state index >= 15 is 0 Å². The minimum absolute atomic E-state index is 0.0492. The first-order valence-corrected chi connectivity index (χ1v) is 6.59. The van der Waals surface area contributed by atoms with Gasteiger partial charge in [-0.05, 0) is 26.0 Å². The van der Waals surface area contributed by atoms with Crippen molar-refractivity contribution in [3.63, 3.8) is 0 Å². The van der Waals surface area contributed by atoms with E-state index in [0.29, 0.717) is 28.8 Å². The number of hydrogen-bond acceptors (Lipinski definition) is 2. The number of amides is 2. The van der Waals surface area contributed by atoms with Crippen molar-refractivity contribution in [1.82, 2.24) is 10.2 Å². The lowest BCUT2D eigenvalue weighted by molar-refractivity contribution is 0.208. The van der Waals surface area contributed by atoms with Gasteiger partial charge in [-0.2, -0.15) is 0 Å². The summed E-state index contributed by atoms with van der Waals surface area (Å²) in [5.74, 6) is -0.0492. The first-order valence-electron chi connectivity index (χ1n) is 5.83. The topological polar surface area (TPSA) is 70.7 Å². The zero-order valence-electron chi connectivity index (χ0n) is 10.8. The lowest BCUT2D eigenvalue weighted by Gasteiger charge is -2.18. The smallest absolute Gasteiger partial charge is 0.324 e. The number of aliphatic imine (C=N–C) groups is 1. The summed E-state index contributed by atoms with van der Waals surface area (Å²) in [6, 6.07) is 4.68. The molecule has 1 aromatic rings. The number of carbonyl (C=O) groups is 1. The third kappa shape index (κ3) is 4.29. The van der Waals surface area contributed by atoms with E-state index in [2.05, 4.69) is 10.3 Å². The zero-order valence-corrected chi connectivity index (χ0v) is 12.3. The van der Waals surface area contributed by atoms with Gasteiger partial charge < -0.3 is 10.6 Å². The van der Waals surface area contributed by atoms with E-state index in [1.807, 2.05) is 13.8 Å². The Bertz CT molecular complexity index is 466. The quantitative estimate of drug-likeness (QED) is 0.665. The van der Waals surface area contributed by atoms with Gasteiger partial charge in [0.05, 0.1) is 10.0 Å². The van der Waals surface area contributed by atoms with Crippen molar-refractivity contribution < 1.29 is 4.79 Å². The van der Waals surface area contributed by atoms with Gasteiger partial charge in [-0.25, -0.2) is 9.79 Å². The Balaban J connectivity index is 2.86. The Morgan fingerprint density at radius 3 is 2.32 bits per heavy atom. The van der Waals surface area contributed by atoms with E-state index in [1.165, 1.54) is 0 Å². The van der Waals surface area contributed by atoms with Gasteiger partial charge in [0.2, 0.25) is 5.96 Å². The van der Waals surface area contributed by atoms with Crippen LogP contribution in [0.5, 0.6) is 0 Å². The van der Waals surface area contributed by atoms with Crippen LogP contribution in [0, 0.1) is 0 Å². The summed E-state index contributed by atoms with van der Waals surface area (Å²) in [5.41, 5.74) is 6.00. The van der Waals surface area contributed by atoms with E-state index in [1.54, 1.807) is 23.1 Å². The molecule has 0 aliphatic rings. The molecule has 19 heavy (non-hydrogen) atoms. The first kappa shape index (κ1) is 15.6. The zero-order chi connectivity index (χ0) is 14.4. The SMILES string of the molecule is CCN(CC)C(=O)NC(N)=Nc1c(Cl)cccc1Cl. The maximum atomic E-state index is 11.8. The number of benzene rings is 1. The molecule has 0 saturated heterocycles. The number of guanidine groups is 1. The third-order valence-corrected chi connectivity index (χ3v) is 3.07. The molecule has 3 N–H and O–H groups in total. The molecule has 5 nitrogen and oxygen atoms in total. The normalized spacial score (nSPS) is 11.3. The van der Waals surface area contributed by atoms with E-state index < -0.39 is 0 Å². The number of carbonyl (C=O) groups excluding carboxylic acids is 1. The van der Waals surface area contributed by atoms with Crippen molar-refractivity contribution in [1.29, 1.82) is 0 Å². The Kier molecular flexibility index (Phi) is 5.92. The van der Waals surface area contributed by atoms with Crippen LogP contribution in [0.25, 0.3) is 0 Å². The van der Waals surface area contributed by atoms with Crippen LogP contribution in [0.15, 0.2) is 23.2 Å². The van der Waals surface area contributed by atoms with Crippen molar-refractivity contribution in [3.05, 3.63) is 28.2 Å². The van der Waals surface area contributed by atoms with E-state index in [0.717, 1.165) is 0 Å². The maximum Gasteiger partial charge on any atom is 0.324 e. The van der Waals surface area contributed by atoms with Crippen LogP contribution in [0.2, 0.25) is 10.0 Å². The van der Waals surface area contributed by atoms with Crippen molar-refractivity contribution in [2.45, 2.75) is 13.8 Å². The molecule has 0 heterocycles. The van der Waals surface area contributed by atoms with Gasteiger partial charge in [0.15, 0.2) is 0 Å². The first-order chi connectivity index (χ1) is 8.99. The molecule has 0 aliphatic carbocycles. The van der Waals surface area contributed by atoms with Gasteiger partial charge in [-0.3, -0.25) is 5.32 Å². The number of nitrogens with zero attached hydrogens (tertiary/aromatic N) is 2. The molecule has 0 bridgehead atoms. The third-order valence-electron chi connectivity index (χ3n) is 2.46. The molecule has 2 amide bonds. The summed E-state index contributed by atoms with van der Waals surface area (Å²) in [4.78, 5) is 17.4. The lowest BCUT2D eigenvalue weighted by atomic mass is 10.3. The van der Waals surface area contributed by atoms with Crippen molar-refractivity contribution in [2.75, 3.05) is 13.1 Å². The molecule has 0 saturated carbocycles. The number of halogens is 2. The van der Waals surface area contributed by atoms with Gasteiger partial charge in [0.1, 0.15) is 5.69 Å². The molecule has 7 heteroatoms. The fraction of sp³-hybridized carbons (Fsp3) is 0.333.